The second kappa shape index (κ2) is 7.64. The van der Waals surface area contributed by atoms with Gasteiger partial charge >= 0.3 is 0 Å². The summed E-state index contributed by atoms with van der Waals surface area (Å²) in [4.78, 5) is 12.9. The first-order chi connectivity index (χ1) is 14.2. The van der Waals surface area contributed by atoms with Crippen molar-refractivity contribution in [2.24, 2.45) is 0 Å². The highest BCUT2D eigenvalue weighted by Crippen LogP contribution is 2.36. The van der Waals surface area contributed by atoms with Crippen LogP contribution in [0.5, 0.6) is 5.75 Å². The van der Waals surface area contributed by atoms with Gasteiger partial charge in [-0.15, -0.1) is 0 Å². The molecule has 0 spiro atoms. The Labute approximate surface area is 174 Å². The lowest BCUT2D eigenvalue weighted by atomic mass is 9.89. The minimum absolute atomic E-state index is 0.0357. The monoisotopic (exact) mass is 442 g/mol. The lowest BCUT2D eigenvalue weighted by Gasteiger charge is -2.42. The summed E-state index contributed by atoms with van der Waals surface area (Å²) >= 11 is 5.64. The van der Waals surface area contributed by atoms with Gasteiger partial charge in [-0.1, -0.05) is 11.6 Å². The van der Waals surface area contributed by atoms with Gasteiger partial charge in [0.25, 0.3) is 0 Å². The maximum Gasteiger partial charge on any atom is 0.229 e. The van der Waals surface area contributed by atoms with Crippen molar-refractivity contribution in [1.29, 1.82) is 0 Å². The van der Waals surface area contributed by atoms with Crippen LogP contribution in [-0.2, 0) is 11.2 Å². The number of hydrogen-bond acceptors (Lipinski definition) is 5. The summed E-state index contributed by atoms with van der Waals surface area (Å²) in [5, 5.41) is 23.6. The van der Waals surface area contributed by atoms with Crippen molar-refractivity contribution in [3.63, 3.8) is 0 Å². The van der Waals surface area contributed by atoms with E-state index in [9.17, 15) is 28.2 Å². The number of anilines is 2. The van der Waals surface area contributed by atoms with E-state index in [1.165, 1.54) is 11.0 Å². The Morgan fingerprint density at radius 1 is 1.23 bits per heavy atom. The van der Waals surface area contributed by atoms with E-state index in [1.807, 2.05) is 0 Å². The van der Waals surface area contributed by atoms with Gasteiger partial charge in [-0.25, -0.2) is 13.2 Å². The molecule has 6 nitrogen and oxygen atoms in total. The summed E-state index contributed by atoms with van der Waals surface area (Å²) in [6.07, 6.45) is -1.49. The number of halogens is 4. The van der Waals surface area contributed by atoms with Crippen LogP contribution in [0.3, 0.4) is 0 Å². The van der Waals surface area contributed by atoms with Gasteiger partial charge in [0.1, 0.15) is 35.6 Å². The Hall–Kier alpha value is -2.49. The SMILES string of the molecule is O=C1Cc2c(OC[C@]3(O)CCN(c4c(F)cc(Cl)cc4F)C[C@H]3O)ccc(F)c2N1. The van der Waals surface area contributed by atoms with Crippen molar-refractivity contribution in [2.75, 3.05) is 29.9 Å². The molecule has 1 amide bonds. The highest BCUT2D eigenvalue weighted by molar-refractivity contribution is 6.30. The van der Waals surface area contributed by atoms with Gasteiger partial charge in [0.2, 0.25) is 5.91 Å². The van der Waals surface area contributed by atoms with Gasteiger partial charge in [-0.2, -0.15) is 0 Å². The van der Waals surface area contributed by atoms with Crippen LogP contribution >= 0.6 is 11.6 Å². The number of aliphatic hydroxyl groups excluding tert-OH is 1. The number of benzene rings is 2. The number of piperidine rings is 1. The number of fused-ring (bicyclic) bond motifs is 1. The van der Waals surface area contributed by atoms with Gasteiger partial charge in [-0.3, -0.25) is 4.79 Å². The van der Waals surface area contributed by atoms with E-state index < -0.39 is 29.2 Å². The average molecular weight is 443 g/mol. The van der Waals surface area contributed by atoms with Crippen molar-refractivity contribution in [3.05, 3.63) is 52.3 Å². The highest BCUT2D eigenvalue weighted by atomic mass is 35.5. The molecule has 0 aromatic heterocycles. The third-order valence-electron chi connectivity index (χ3n) is 5.42. The van der Waals surface area contributed by atoms with Crippen LogP contribution in [0.1, 0.15) is 12.0 Å². The van der Waals surface area contributed by atoms with E-state index >= 15 is 0 Å². The zero-order valence-electron chi connectivity index (χ0n) is 15.6. The number of β-amino-alcohol motifs (C(OH)–C–C–N with tert-alkyl or cyclic N) is 1. The van der Waals surface area contributed by atoms with E-state index in [0.29, 0.717) is 5.56 Å². The van der Waals surface area contributed by atoms with Crippen LogP contribution in [0.15, 0.2) is 24.3 Å². The largest absolute Gasteiger partial charge is 0.490 e. The van der Waals surface area contributed by atoms with Gasteiger partial charge in [0, 0.05) is 23.7 Å². The lowest BCUT2D eigenvalue weighted by molar-refractivity contribution is -0.115. The fourth-order valence-corrected chi connectivity index (χ4v) is 3.96. The summed E-state index contributed by atoms with van der Waals surface area (Å²) in [5.74, 6) is -2.50. The fourth-order valence-electron chi connectivity index (χ4n) is 3.77. The van der Waals surface area contributed by atoms with Gasteiger partial charge in [0.15, 0.2) is 11.6 Å². The molecule has 160 valence electrons. The zero-order valence-corrected chi connectivity index (χ0v) is 16.3. The maximum absolute atomic E-state index is 14.2. The normalized spacial score (nSPS) is 23.3. The Morgan fingerprint density at radius 2 is 1.93 bits per heavy atom. The Balaban J connectivity index is 1.48. The number of rotatable bonds is 4. The van der Waals surface area contributed by atoms with E-state index in [2.05, 4.69) is 5.32 Å². The summed E-state index contributed by atoms with van der Waals surface area (Å²) in [6, 6.07) is 4.42. The molecule has 2 aromatic rings. The van der Waals surface area contributed by atoms with Crippen molar-refractivity contribution in [1.82, 2.24) is 0 Å². The van der Waals surface area contributed by atoms with Crippen molar-refractivity contribution >= 4 is 28.9 Å². The molecular formula is C20H18ClF3N2O4. The number of ether oxygens (including phenoxy) is 1. The quantitative estimate of drug-likeness (QED) is 0.678. The minimum Gasteiger partial charge on any atom is -0.490 e. The first-order valence-corrected chi connectivity index (χ1v) is 9.60. The average Bonchev–Trinajstić information content (AvgIpc) is 3.06. The first kappa shape index (κ1) is 20.8. The standard InChI is InChI=1S/C20H18ClF3N2O4/c21-10-5-13(23)19(14(24)6-10)26-4-3-20(29,16(27)8-26)9-30-15-2-1-12(22)18-11(15)7-17(28)25-18/h1-2,5-6,16,27,29H,3-4,7-9H2,(H,25,28)/t16-,20-/m1/s1. The molecule has 4 rings (SSSR count). The Morgan fingerprint density at radius 3 is 2.60 bits per heavy atom. The van der Waals surface area contributed by atoms with Crippen LogP contribution in [-0.4, -0.2) is 47.5 Å². The Bertz CT molecular complexity index is 999. The van der Waals surface area contributed by atoms with Crippen LogP contribution in [0, 0.1) is 17.5 Å². The van der Waals surface area contributed by atoms with Crippen molar-refractivity contribution < 1.29 is 32.9 Å². The number of aliphatic hydroxyl groups is 2. The molecule has 1 saturated heterocycles. The second-order valence-corrected chi connectivity index (χ2v) is 7.88. The maximum atomic E-state index is 14.2. The van der Waals surface area contributed by atoms with Crippen LogP contribution in [0.2, 0.25) is 5.02 Å². The van der Waals surface area contributed by atoms with E-state index in [0.717, 1.165) is 18.2 Å². The third-order valence-corrected chi connectivity index (χ3v) is 5.64. The molecule has 0 bridgehead atoms. The molecule has 0 radical (unpaired) electrons. The third kappa shape index (κ3) is 3.68. The fraction of sp³-hybridized carbons (Fsp3) is 0.350. The topological polar surface area (TPSA) is 82.0 Å². The number of carbonyl (C=O) groups excluding carboxylic acids is 1. The number of hydrogen-bond donors (Lipinski definition) is 3. The molecule has 2 aromatic carbocycles. The molecule has 3 N–H and O–H groups in total. The van der Waals surface area contributed by atoms with E-state index in [-0.39, 0.29) is 60.6 Å². The second-order valence-electron chi connectivity index (χ2n) is 7.45. The first-order valence-electron chi connectivity index (χ1n) is 9.22. The number of nitrogens with one attached hydrogen (secondary N) is 1. The molecular weight excluding hydrogens is 425 g/mol. The number of nitrogens with zero attached hydrogens (tertiary/aromatic N) is 1. The molecule has 2 aliphatic heterocycles. The smallest absolute Gasteiger partial charge is 0.229 e. The van der Waals surface area contributed by atoms with Crippen molar-refractivity contribution in [3.8, 4) is 5.75 Å². The van der Waals surface area contributed by atoms with E-state index in [4.69, 9.17) is 16.3 Å². The predicted molar refractivity (Wildman–Crippen MR) is 103 cm³/mol. The van der Waals surface area contributed by atoms with Gasteiger partial charge < -0.3 is 25.2 Å². The highest BCUT2D eigenvalue weighted by Gasteiger charge is 2.43. The van der Waals surface area contributed by atoms with Gasteiger partial charge in [0.05, 0.1) is 12.1 Å². The molecule has 2 aliphatic rings. The minimum atomic E-state index is -1.70. The Kier molecular flexibility index (Phi) is 5.29. The molecule has 0 saturated carbocycles. The molecule has 2 atom stereocenters. The van der Waals surface area contributed by atoms with Crippen LogP contribution < -0.4 is 15.0 Å². The van der Waals surface area contributed by atoms with Crippen molar-refractivity contribution in [2.45, 2.75) is 24.5 Å². The van der Waals surface area contributed by atoms with Gasteiger partial charge in [-0.05, 0) is 30.7 Å². The molecule has 10 heteroatoms. The molecule has 1 fully saturated rings. The number of carbonyl (C=O) groups is 1. The summed E-state index contributed by atoms with van der Waals surface area (Å²) in [7, 11) is 0. The molecule has 30 heavy (non-hydrogen) atoms. The number of amides is 1. The zero-order chi connectivity index (χ0) is 21.6. The van der Waals surface area contributed by atoms with Crippen LogP contribution in [0.4, 0.5) is 24.5 Å². The molecule has 0 unspecified atom stereocenters. The lowest BCUT2D eigenvalue weighted by Crippen LogP contribution is -2.58. The van der Waals surface area contributed by atoms with E-state index in [1.54, 1.807) is 0 Å². The molecule has 0 aliphatic carbocycles. The molecule has 2 heterocycles. The summed E-state index contributed by atoms with van der Waals surface area (Å²) in [5.41, 5.74) is -1.66. The predicted octanol–water partition coefficient (Wildman–Crippen LogP) is 2.63. The summed E-state index contributed by atoms with van der Waals surface area (Å²) < 4.78 is 47.8. The summed E-state index contributed by atoms with van der Waals surface area (Å²) in [6.45, 7) is -0.537. The van der Waals surface area contributed by atoms with Crippen LogP contribution in [0.25, 0.3) is 0 Å².